The van der Waals surface area contributed by atoms with Crippen LogP contribution in [-0.4, -0.2) is 54.7 Å². The van der Waals surface area contributed by atoms with Gasteiger partial charge in [-0.2, -0.15) is 0 Å². The molecule has 5 nitrogen and oxygen atoms in total. The molecule has 3 unspecified atom stereocenters. The normalized spacial score (nSPS) is 29.4. The van der Waals surface area contributed by atoms with Crippen LogP contribution in [0.25, 0.3) is 0 Å². The van der Waals surface area contributed by atoms with Crippen LogP contribution in [0.5, 0.6) is 5.75 Å². The number of likely N-dealkylation sites (N-methyl/N-ethyl adjacent to an activating group) is 2. The lowest BCUT2D eigenvalue weighted by molar-refractivity contribution is -0.139. The SMILES string of the molecule is COc1cc2c(cc1C)C1C(O)C(=O)N(C)CC2N1C. The molecule has 2 heterocycles. The van der Waals surface area contributed by atoms with Gasteiger partial charge >= 0.3 is 0 Å². The van der Waals surface area contributed by atoms with Gasteiger partial charge in [0.1, 0.15) is 5.75 Å². The number of nitrogens with zero attached hydrogens (tertiary/aromatic N) is 2. The van der Waals surface area contributed by atoms with Crippen LogP contribution in [0, 0.1) is 6.92 Å². The summed E-state index contributed by atoms with van der Waals surface area (Å²) in [5.41, 5.74) is 3.22. The standard InChI is InChI=1S/C15H20N2O3/c1-8-5-10-9(6-12(8)20-4)11-7-16(2)15(19)14(18)13(10)17(11)3/h5-6,11,13-14,18H,7H2,1-4H3. The zero-order valence-electron chi connectivity index (χ0n) is 12.3. The van der Waals surface area contributed by atoms with Crippen molar-refractivity contribution < 1.29 is 14.6 Å². The van der Waals surface area contributed by atoms with Crippen LogP contribution in [0.1, 0.15) is 28.8 Å². The van der Waals surface area contributed by atoms with E-state index in [0.29, 0.717) is 6.54 Å². The molecule has 0 aromatic heterocycles. The summed E-state index contributed by atoms with van der Waals surface area (Å²) in [6, 6.07) is 3.92. The van der Waals surface area contributed by atoms with Crippen LogP contribution >= 0.6 is 0 Å². The Morgan fingerprint density at radius 2 is 2.00 bits per heavy atom. The predicted octanol–water partition coefficient (Wildman–Crippen LogP) is 0.864. The van der Waals surface area contributed by atoms with Crippen molar-refractivity contribution in [1.82, 2.24) is 9.80 Å². The van der Waals surface area contributed by atoms with E-state index in [9.17, 15) is 9.90 Å². The van der Waals surface area contributed by atoms with Gasteiger partial charge in [-0.25, -0.2) is 0 Å². The number of methoxy groups -OCH3 is 1. The van der Waals surface area contributed by atoms with Crippen molar-refractivity contribution >= 4 is 5.91 Å². The number of ether oxygens (including phenoxy) is 1. The van der Waals surface area contributed by atoms with E-state index in [4.69, 9.17) is 4.74 Å². The molecule has 3 atom stereocenters. The molecule has 2 bridgehead atoms. The Morgan fingerprint density at radius 1 is 1.30 bits per heavy atom. The molecule has 1 amide bonds. The van der Waals surface area contributed by atoms with E-state index in [1.807, 2.05) is 26.1 Å². The van der Waals surface area contributed by atoms with Gasteiger partial charge < -0.3 is 14.7 Å². The zero-order chi connectivity index (χ0) is 14.6. The number of amides is 1. The fraction of sp³-hybridized carbons (Fsp3) is 0.533. The molecule has 0 aliphatic carbocycles. The molecule has 20 heavy (non-hydrogen) atoms. The number of hydrogen-bond acceptors (Lipinski definition) is 4. The maximum Gasteiger partial charge on any atom is 0.253 e. The second-order valence-electron chi connectivity index (χ2n) is 5.74. The third-order valence-electron chi connectivity index (χ3n) is 4.58. The highest BCUT2D eigenvalue weighted by molar-refractivity contribution is 5.82. The molecular formula is C15H20N2O3. The first-order chi connectivity index (χ1) is 9.45. The predicted molar refractivity (Wildman–Crippen MR) is 74.6 cm³/mol. The molecule has 2 aliphatic rings. The molecule has 2 aliphatic heterocycles. The number of fused-ring (bicyclic) bond motifs is 5. The first-order valence-corrected chi connectivity index (χ1v) is 6.79. The Labute approximate surface area is 118 Å². The monoisotopic (exact) mass is 276 g/mol. The summed E-state index contributed by atoms with van der Waals surface area (Å²) < 4.78 is 5.40. The summed E-state index contributed by atoms with van der Waals surface area (Å²) in [7, 11) is 5.37. The quantitative estimate of drug-likeness (QED) is 0.827. The molecule has 1 fully saturated rings. The van der Waals surface area contributed by atoms with Crippen molar-refractivity contribution in [2.45, 2.75) is 25.1 Å². The number of aliphatic hydroxyl groups excluding tert-OH is 1. The Hall–Kier alpha value is -1.59. The lowest BCUT2D eigenvalue weighted by Crippen LogP contribution is -2.39. The maximum atomic E-state index is 12.1. The van der Waals surface area contributed by atoms with E-state index in [-0.39, 0.29) is 18.0 Å². The van der Waals surface area contributed by atoms with Gasteiger partial charge in [0.05, 0.1) is 19.2 Å². The van der Waals surface area contributed by atoms with Gasteiger partial charge in [-0.1, -0.05) is 6.07 Å². The summed E-state index contributed by atoms with van der Waals surface area (Å²) in [5, 5.41) is 10.4. The second-order valence-corrected chi connectivity index (χ2v) is 5.74. The first kappa shape index (κ1) is 13.4. The number of carbonyl (C=O) groups excluding carboxylic acids is 1. The van der Waals surface area contributed by atoms with Crippen molar-refractivity contribution in [2.75, 3.05) is 27.7 Å². The van der Waals surface area contributed by atoms with Crippen LogP contribution in [0.3, 0.4) is 0 Å². The maximum absolute atomic E-state index is 12.1. The van der Waals surface area contributed by atoms with E-state index < -0.39 is 6.10 Å². The van der Waals surface area contributed by atoms with Crippen LogP contribution < -0.4 is 4.74 Å². The summed E-state index contributed by atoms with van der Waals surface area (Å²) in [4.78, 5) is 15.8. The van der Waals surface area contributed by atoms with Gasteiger partial charge in [-0.3, -0.25) is 9.69 Å². The van der Waals surface area contributed by atoms with Gasteiger partial charge in [0.15, 0.2) is 6.10 Å². The van der Waals surface area contributed by atoms with Crippen molar-refractivity contribution in [3.8, 4) is 5.75 Å². The van der Waals surface area contributed by atoms with Crippen molar-refractivity contribution in [1.29, 1.82) is 0 Å². The molecule has 108 valence electrons. The van der Waals surface area contributed by atoms with E-state index in [0.717, 1.165) is 22.4 Å². The summed E-state index contributed by atoms with van der Waals surface area (Å²) >= 11 is 0. The zero-order valence-corrected chi connectivity index (χ0v) is 12.3. The van der Waals surface area contributed by atoms with E-state index in [1.54, 1.807) is 19.1 Å². The highest BCUT2D eigenvalue weighted by atomic mass is 16.5. The summed E-state index contributed by atoms with van der Waals surface area (Å²) in [6.07, 6.45) is -1.01. The minimum absolute atomic E-state index is 0.107. The molecule has 1 aromatic rings. The highest BCUT2D eigenvalue weighted by Gasteiger charge is 2.47. The molecule has 5 heteroatoms. The summed E-state index contributed by atoms with van der Waals surface area (Å²) in [6.45, 7) is 2.57. The minimum atomic E-state index is -1.01. The largest absolute Gasteiger partial charge is 0.496 e. The number of aliphatic hydroxyl groups is 1. The number of benzene rings is 1. The molecule has 0 radical (unpaired) electrons. The van der Waals surface area contributed by atoms with Gasteiger partial charge in [0.25, 0.3) is 5.91 Å². The van der Waals surface area contributed by atoms with E-state index >= 15 is 0 Å². The van der Waals surface area contributed by atoms with Crippen molar-refractivity contribution in [3.05, 3.63) is 28.8 Å². The lowest BCUT2D eigenvalue weighted by Gasteiger charge is -2.24. The molecule has 1 N–H and O–H groups in total. The summed E-state index contributed by atoms with van der Waals surface area (Å²) in [5.74, 6) is 0.648. The van der Waals surface area contributed by atoms with E-state index in [2.05, 4.69) is 4.90 Å². The fourth-order valence-corrected chi connectivity index (χ4v) is 3.45. The van der Waals surface area contributed by atoms with Gasteiger partial charge in [-0.15, -0.1) is 0 Å². The number of hydrogen-bond donors (Lipinski definition) is 1. The first-order valence-electron chi connectivity index (χ1n) is 6.79. The average Bonchev–Trinajstić information content (AvgIpc) is 2.64. The van der Waals surface area contributed by atoms with Crippen LogP contribution in [0.15, 0.2) is 12.1 Å². The molecule has 0 saturated carbocycles. The Balaban J connectivity index is 2.17. The Bertz CT molecular complexity index is 572. The number of carbonyl (C=O) groups is 1. The smallest absolute Gasteiger partial charge is 0.253 e. The molecule has 1 aromatic carbocycles. The molecule has 1 saturated heterocycles. The number of aryl methyl sites for hydroxylation is 1. The average molecular weight is 276 g/mol. The lowest BCUT2D eigenvalue weighted by atomic mass is 9.94. The van der Waals surface area contributed by atoms with Gasteiger partial charge in [0, 0.05) is 13.6 Å². The van der Waals surface area contributed by atoms with Crippen molar-refractivity contribution in [2.24, 2.45) is 0 Å². The van der Waals surface area contributed by atoms with Gasteiger partial charge in [0.2, 0.25) is 0 Å². The Morgan fingerprint density at radius 3 is 2.65 bits per heavy atom. The second kappa shape index (κ2) is 4.46. The topological polar surface area (TPSA) is 53.0 Å². The fourth-order valence-electron chi connectivity index (χ4n) is 3.45. The van der Waals surface area contributed by atoms with Crippen molar-refractivity contribution in [3.63, 3.8) is 0 Å². The van der Waals surface area contributed by atoms with Gasteiger partial charge in [-0.05, 0) is 36.7 Å². The minimum Gasteiger partial charge on any atom is -0.496 e. The highest BCUT2D eigenvalue weighted by Crippen LogP contribution is 2.47. The third-order valence-corrected chi connectivity index (χ3v) is 4.58. The molecule has 3 rings (SSSR count). The Kier molecular flexibility index (Phi) is 2.99. The van der Waals surface area contributed by atoms with E-state index in [1.165, 1.54) is 0 Å². The number of rotatable bonds is 1. The van der Waals surface area contributed by atoms with Crippen LogP contribution in [0.4, 0.5) is 0 Å². The third kappa shape index (κ3) is 1.66. The van der Waals surface area contributed by atoms with Crippen LogP contribution in [0.2, 0.25) is 0 Å². The molecule has 0 spiro atoms. The van der Waals surface area contributed by atoms with Crippen LogP contribution in [-0.2, 0) is 4.79 Å². The molecular weight excluding hydrogens is 256 g/mol.